The lowest BCUT2D eigenvalue weighted by Crippen LogP contribution is -2.26. The van der Waals surface area contributed by atoms with Crippen molar-refractivity contribution in [1.82, 2.24) is 5.32 Å². The van der Waals surface area contributed by atoms with Crippen LogP contribution in [0.2, 0.25) is 5.02 Å². The lowest BCUT2D eigenvalue weighted by molar-refractivity contribution is 0.305. The monoisotopic (exact) mass is 349 g/mol. The molecule has 2 rings (SSSR count). The van der Waals surface area contributed by atoms with Gasteiger partial charge >= 0.3 is 0 Å². The second-order valence-corrected chi connectivity index (χ2v) is 6.16. The van der Waals surface area contributed by atoms with Crippen LogP contribution >= 0.6 is 27.5 Å². The molecule has 19 heavy (non-hydrogen) atoms. The Hall–Kier alpha value is -0.320. The van der Waals surface area contributed by atoms with Gasteiger partial charge in [0.2, 0.25) is 0 Å². The molecule has 0 unspecified atom stereocenters. The molecule has 1 fully saturated rings. The highest BCUT2D eigenvalue weighted by molar-refractivity contribution is 9.10. The number of benzene rings is 1. The van der Waals surface area contributed by atoms with E-state index in [0.29, 0.717) is 16.8 Å². The second kappa shape index (κ2) is 7.46. The number of hydrogen-bond acceptors (Lipinski definition) is 2. The van der Waals surface area contributed by atoms with Crippen LogP contribution in [0.1, 0.15) is 25.7 Å². The van der Waals surface area contributed by atoms with Gasteiger partial charge in [0.05, 0.1) is 9.50 Å². The third-order valence-corrected chi connectivity index (χ3v) is 4.33. The molecule has 0 spiro atoms. The lowest BCUT2D eigenvalue weighted by atomic mass is 10.1. The van der Waals surface area contributed by atoms with Gasteiger partial charge in [0, 0.05) is 12.6 Å². The van der Waals surface area contributed by atoms with Crippen LogP contribution in [0.5, 0.6) is 5.75 Å². The zero-order valence-corrected chi connectivity index (χ0v) is 13.1. The molecule has 0 saturated heterocycles. The van der Waals surface area contributed by atoms with E-state index < -0.39 is 5.82 Å². The Morgan fingerprint density at radius 2 is 2.11 bits per heavy atom. The van der Waals surface area contributed by atoms with Crippen LogP contribution in [-0.4, -0.2) is 19.7 Å². The van der Waals surface area contributed by atoms with Crippen molar-refractivity contribution in [3.05, 3.63) is 27.4 Å². The van der Waals surface area contributed by atoms with Gasteiger partial charge < -0.3 is 10.1 Å². The molecule has 106 valence electrons. The number of hydrogen-bond donors (Lipinski definition) is 1. The van der Waals surface area contributed by atoms with Gasteiger partial charge in [-0.3, -0.25) is 0 Å². The van der Waals surface area contributed by atoms with Gasteiger partial charge in [0.15, 0.2) is 0 Å². The second-order valence-electron chi connectivity index (χ2n) is 4.90. The summed E-state index contributed by atoms with van der Waals surface area (Å²) in [7, 11) is 0. The summed E-state index contributed by atoms with van der Waals surface area (Å²) >= 11 is 8.98. The SMILES string of the molecule is Fc1cc(OCCNCC2CCCC2)c(Br)cc1Cl. The minimum atomic E-state index is -0.459. The molecule has 0 heterocycles. The predicted octanol–water partition coefficient (Wildman–Crippen LogP) is 4.40. The van der Waals surface area contributed by atoms with E-state index in [2.05, 4.69) is 21.2 Å². The number of rotatable bonds is 6. The van der Waals surface area contributed by atoms with Gasteiger partial charge in [-0.1, -0.05) is 24.4 Å². The van der Waals surface area contributed by atoms with E-state index in [1.54, 1.807) is 0 Å². The average molecular weight is 351 g/mol. The van der Waals surface area contributed by atoms with Crippen molar-refractivity contribution in [1.29, 1.82) is 0 Å². The van der Waals surface area contributed by atoms with E-state index in [4.69, 9.17) is 16.3 Å². The van der Waals surface area contributed by atoms with Crippen LogP contribution in [0, 0.1) is 11.7 Å². The highest BCUT2D eigenvalue weighted by atomic mass is 79.9. The first-order chi connectivity index (χ1) is 9.16. The van der Waals surface area contributed by atoms with Gasteiger partial charge in [0.25, 0.3) is 0 Å². The standard InChI is InChI=1S/C14H18BrClFNO/c15-11-7-12(16)13(17)8-14(11)19-6-5-18-9-10-3-1-2-4-10/h7-8,10,18H,1-6,9H2. The molecule has 1 aliphatic rings. The largest absolute Gasteiger partial charge is 0.491 e. The first-order valence-corrected chi connectivity index (χ1v) is 7.82. The molecule has 0 aromatic heterocycles. The molecule has 2 nitrogen and oxygen atoms in total. The third kappa shape index (κ3) is 4.62. The zero-order chi connectivity index (χ0) is 13.7. The lowest BCUT2D eigenvalue weighted by Gasteiger charge is -2.12. The van der Waals surface area contributed by atoms with Crippen LogP contribution < -0.4 is 10.1 Å². The Bertz CT molecular complexity index is 424. The fourth-order valence-corrected chi connectivity index (χ4v) is 3.12. The number of nitrogens with one attached hydrogen (secondary N) is 1. The van der Waals surface area contributed by atoms with E-state index in [1.165, 1.54) is 37.8 Å². The Labute approximate surface area is 126 Å². The summed E-state index contributed by atoms with van der Waals surface area (Å²) in [4.78, 5) is 0. The van der Waals surface area contributed by atoms with Gasteiger partial charge in [-0.2, -0.15) is 0 Å². The van der Waals surface area contributed by atoms with Crippen molar-refractivity contribution >= 4 is 27.5 Å². The molecule has 5 heteroatoms. The summed E-state index contributed by atoms with van der Waals surface area (Å²) in [5.74, 6) is 0.850. The summed E-state index contributed by atoms with van der Waals surface area (Å²) in [6.45, 7) is 2.35. The van der Waals surface area contributed by atoms with Crippen molar-refractivity contribution in [2.75, 3.05) is 19.7 Å². The first-order valence-electron chi connectivity index (χ1n) is 6.65. The molecule has 1 saturated carbocycles. The summed E-state index contributed by atoms with van der Waals surface area (Å²) in [6, 6.07) is 2.82. The van der Waals surface area contributed by atoms with Gasteiger partial charge in [-0.05, 0) is 47.3 Å². The maximum Gasteiger partial charge on any atom is 0.145 e. The summed E-state index contributed by atoms with van der Waals surface area (Å²) in [5, 5.41) is 3.48. The highest BCUT2D eigenvalue weighted by Gasteiger charge is 2.14. The molecule has 0 radical (unpaired) electrons. The average Bonchev–Trinajstić information content (AvgIpc) is 2.88. The number of ether oxygens (including phenoxy) is 1. The van der Waals surface area contributed by atoms with Crippen molar-refractivity contribution in [2.45, 2.75) is 25.7 Å². The first kappa shape index (κ1) is 15.1. The van der Waals surface area contributed by atoms with Crippen molar-refractivity contribution in [3.63, 3.8) is 0 Å². The van der Waals surface area contributed by atoms with Crippen molar-refractivity contribution in [3.8, 4) is 5.75 Å². The van der Waals surface area contributed by atoms with E-state index in [9.17, 15) is 4.39 Å². The quantitative estimate of drug-likeness (QED) is 0.606. The summed E-state index contributed by atoms with van der Waals surface area (Å²) in [6.07, 6.45) is 5.39. The van der Waals surface area contributed by atoms with Gasteiger partial charge in [-0.25, -0.2) is 4.39 Å². The third-order valence-electron chi connectivity index (χ3n) is 3.42. The van der Waals surface area contributed by atoms with Crippen molar-refractivity contribution in [2.24, 2.45) is 5.92 Å². The van der Waals surface area contributed by atoms with Crippen molar-refractivity contribution < 1.29 is 9.13 Å². The molecule has 1 N–H and O–H groups in total. The van der Waals surface area contributed by atoms with Gasteiger partial charge in [-0.15, -0.1) is 0 Å². The Balaban J connectivity index is 1.69. The molecular weight excluding hydrogens is 333 g/mol. The smallest absolute Gasteiger partial charge is 0.145 e. The van der Waals surface area contributed by atoms with Gasteiger partial charge in [0.1, 0.15) is 18.2 Å². The topological polar surface area (TPSA) is 21.3 Å². The Kier molecular flexibility index (Phi) is 5.92. The minimum absolute atomic E-state index is 0.0959. The molecule has 0 amide bonds. The van der Waals surface area contributed by atoms with E-state index in [-0.39, 0.29) is 5.02 Å². The molecule has 0 atom stereocenters. The maximum absolute atomic E-state index is 13.3. The summed E-state index contributed by atoms with van der Waals surface area (Å²) < 4.78 is 19.5. The minimum Gasteiger partial charge on any atom is -0.491 e. The molecule has 1 aliphatic carbocycles. The zero-order valence-electron chi connectivity index (χ0n) is 10.7. The maximum atomic E-state index is 13.3. The van der Waals surface area contributed by atoms with Crippen LogP contribution in [0.15, 0.2) is 16.6 Å². The van der Waals surface area contributed by atoms with E-state index >= 15 is 0 Å². The fraction of sp³-hybridized carbons (Fsp3) is 0.571. The van der Waals surface area contributed by atoms with Crippen LogP contribution in [0.25, 0.3) is 0 Å². The summed E-state index contributed by atoms with van der Waals surface area (Å²) in [5.41, 5.74) is 0. The molecule has 0 aliphatic heterocycles. The van der Waals surface area contributed by atoms with Crippen LogP contribution in [0.3, 0.4) is 0 Å². The van der Waals surface area contributed by atoms with E-state index in [0.717, 1.165) is 19.0 Å². The molecule has 1 aromatic carbocycles. The van der Waals surface area contributed by atoms with E-state index in [1.807, 2.05) is 0 Å². The number of halogens is 3. The molecular formula is C14H18BrClFNO. The molecule has 0 bridgehead atoms. The van der Waals surface area contributed by atoms with Crippen LogP contribution in [0.4, 0.5) is 4.39 Å². The highest BCUT2D eigenvalue weighted by Crippen LogP contribution is 2.30. The Morgan fingerprint density at radius 1 is 1.37 bits per heavy atom. The van der Waals surface area contributed by atoms with Crippen LogP contribution in [-0.2, 0) is 0 Å². The normalized spacial score (nSPS) is 15.9. The fourth-order valence-electron chi connectivity index (χ4n) is 2.37. The molecule has 1 aromatic rings. The Morgan fingerprint density at radius 3 is 2.84 bits per heavy atom. The predicted molar refractivity (Wildman–Crippen MR) is 79.4 cm³/mol.